The van der Waals surface area contributed by atoms with Crippen molar-refractivity contribution in [1.82, 2.24) is 21.5 Å². The third kappa shape index (κ3) is 7.87. The van der Waals surface area contributed by atoms with E-state index in [2.05, 4.69) is 21.5 Å². The molecule has 0 unspecified atom stereocenters. The Bertz CT molecular complexity index is 740. The van der Waals surface area contributed by atoms with Crippen molar-refractivity contribution in [1.29, 1.82) is 0 Å². The molecule has 1 fully saturated rings. The molecule has 0 spiro atoms. The van der Waals surface area contributed by atoms with Gasteiger partial charge in [-0.15, -0.1) is 0 Å². The minimum atomic E-state index is -0.448. The molecule has 0 atom stereocenters. The molecule has 1 saturated carbocycles. The Hall–Kier alpha value is -2.74. The van der Waals surface area contributed by atoms with Crippen LogP contribution in [0.1, 0.15) is 43.2 Å². The summed E-state index contributed by atoms with van der Waals surface area (Å²) >= 11 is 4.96. The summed E-state index contributed by atoms with van der Waals surface area (Å²) in [6.45, 7) is 1.84. The van der Waals surface area contributed by atoms with Gasteiger partial charge in [0.05, 0.1) is 6.54 Å². The Kier molecular flexibility index (Phi) is 8.61. The molecule has 150 valence electrons. The van der Waals surface area contributed by atoms with Crippen LogP contribution in [-0.4, -0.2) is 29.4 Å². The molecule has 4 N–H and O–H groups in total. The molecule has 1 aliphatic rings. The number of carbonyl (C=O) groups is 3. The summed E-state index contributed by atoms with van der Waals surface area (Å²) in [4.78, 5) is 35.6. The quantitative estimate of drug-likeness (QED) is 0.342. The van der Waals surface area contributed by atoms with Crippen LogP contribution in [0.15, 0.2) is 30.3 Å². The molecule has 0 aromatic heterocycles. The van der Waals surface area contributed by atoms with Crippen molar-refractivity contribution in [3.05, 3.63) is 41.5 Å². The Balaban J connectivity index is 1.64. The van der Waals surface area contributed by atoms with Crippen molar-refractivity contribution in [2.45, 2.75) is 39.0 Å². The molecule has 7 nitrogen and oxygen atoms in total. The van der Waals surface area contributed by atoms with E-state index in [4.69, 9.17) is 12.2 Å². The van der Waals surface area contributed by atoms with Gasteiger partial charge in [0.15, 0.2) is 5.11 Å². The molecule has 1 aromatic rings. The number of amides is 3. The van der Waals surface area contributed by atoms with E-state index in [1.54, 1.807) is 6.08 Å². The lowest BCUT2D eigenvalue weighted by atomic mass is 9.89. The fourth-order valence-corrected chi connectivity index (χ4v) is 3.03. The topological polar surface area (TPSA) is 99.3 Å². The molecular formula is C20H26N4O3S. The van der Waals surface area contributed by atoms with E-state index in [1.807, 2.05) is 31.2 Å². The molecule has 2 rings (SSSR count). The standard InChI is InChI=1S/C20H26N4O3S/c1-14-7-9-15(10-8-14)11-12-17(25)22-20(28)24-23-18(26)13-21-19(27)16-5-3-2-4-6-16/h7-12,16H,2-6,13H2,1H3,(H,21,27)(H,23,26)(H2,22,24,25,28)/b12-11+. The van der Waals surface area contributed by atoms with Gasteiger partial charge in [-0.2, -0.15) is 0 Å². The minimum absolute atomic E-state index is 0.00445. The Morgan fingerprint density at radius 2 is 1.75 bits per heavy atom. The van der Waals surface area contributed by atoms with Gasteiger partial charge in [0.1, 0.15) is 0 Å². The Labute approximate surface area is 170 Å². The summed E-state index contributed by atoms with van der Waals surface area (Å²) in [5.41, 5.74) is 6.81. The highest BCUT2D eigenvalue weighted by Crippen LogP contribution is 2.23. The highest BCUT2D eigenvalue weighted by Gasteiger charge is 2.21. The molecular weight excluding hydrogens is 376 g/mol. The van der Waals surface area contributed by atoms with Crippen molar-refractivity contribution >= 4 is 41.1 Å². The third-order valence-electron chi connectivity index (χ3n) is 4.46. The SMILES string of the molecule is Cc1ccc(/C=C/C(=O)NC(=S)NNC(=O)CNC(=O)C2CCCCC2)cc1. The van der Waals surface area contributed by atoms with Crippen LogP contribution in [0, 0.1) is 12.8 Å². The normalized spacial score (nSPS) is 14.3. The monoisotopic (exact) mass is 402 g/mol. The maximum Gasteiger partial charge on any atom is 0.257 e. The number of hydrogen-bond donors (Lipinski definition) is 4. The molecule has 3 amide bonds. The molecule has 28 heavy (non-hydrogen) atoms. The maximum atomic E-state index is 12.0. The zero-order valence-corrected chi connectivity index (χ0v) is 16.7. The van der Waals surface area contributed by atoms with Gasteiger partial charge in [0, 0.05) is 12.0 Å². The van der Waals surface area contributed by atoms with Gasteiger partial charge in [-0.05, 0) is 43.6 Å². The summed E-state index contributed by atoms with van der Waals surface area (Å²) in [6.07, 6.45) is 8.03. The summed E-state index contributed by atoms with van der Waals surface area (Å²) in [6, 6.07) is 7.70. The number of benzene rings is 1. The number of hydrogen-bond acceptors (Lipinski definition) is 4. The second-order valence-electron chi connectivity index (χ2n) is 6.79. The molecule has 0 heterocycles. The first kappa shape index (κ1) is 21.6. The number of hydrazine groups is 1. The van der Waals surface area contributed by atoms with Crippen molar-refractivity contribution < 1.29 is 14.4 Å². The van der Waals surface area contributed by atoms with Gasteiger partial charge in [0.2, 0.25) is 11.8 Å². The average molecular weight is 403 g/mol. The van der Waals surface area contributed by atoms with E-state index in [1.165, 1.54) is 6.08 Å². The van der Waals surface area contributed by atoms with Crippen molar-refractivity contribution in [3.8, 4) is 0 Å². The molecule has 0 aliphatic heterocycles. The van der Waals surface area contributed by atoms with Crippen molar-refractivity contribution in [2.75, 3.05) is 6.54 Å². The average Bonchev–Trinajstić information content (AvgIpc) is 2.70. The zero-order valence-electron chi connectivity index (χ0n) is 15.9. The molecule has 0 radical (unpaired) electrons. The van der Waals surface area contributed by atoms with E-state index in [-0.39, 0.29) is 23.5 Å². The Morgan fingerprint density at radius 3 is 2.43 bits per heavy atom. The first-order valence-electron chi connectivity index (χ1n) is 9.36. The lowest BCUT2D eigenvalue weighted by Gasteiger charge is -2.20. The maximum absolute atomic E-state index is 12.0. The summed E-state index contributed by atoms with van der Waals surface area (Å²) < 4.78 is 0. The third-order valence-corrected chi connectivity index (χ3v) is 4.66. The number of carbonyl (C=O) groups excluding carboxylic acids is 3. The summed E-state index contributed by atoms with van der Waals surface area (Å²) in [5, 5.41) is 5.02. The summed E-state index contributed by atoms with van der Waals surface area (Å²) in [5.74, 6) is -0.962. The van der Waals surface area contributed by atoms with E-state index >= 15 is 0 Å². The predicted molar refractivity (Wildman–Crippen MR) is 112 cm³/mol. The second-order valence-corrected chi connectivity index (χ2v) is 7.20. The lowest BCUT2D eigenvalue weighted by Crippen LogP contribution is -2.51. The van der Waals surface area contributed by atoms with Crippen LogP contribution in [0.25, 0.3) is 6.08 Å². The number of nitrogens with one attached hydrogen (secondary N) is 4. The largest absolute Gasteiger partial charge is 0.347 e. The molecule has 1 aromatic carbocycles. The van der Waals surface area contributed by atoms with Gasteiger partial charge in [-0.3, -0.25) is 30.6 Å². The van der Waals surface area contributed by atoms with E-state index in [9.17, 15) is 14.4 Å². The van der Waals surface area contributed by atoms with Crippen LogP contribution in [0.4, 0.5) is 0 Å². The van der Waals surface area contributed by atoms with Crippen LogP contribution in [-0.2, 0) is 14.4 Å². The van der Waals surface area contributed by atoms with E-state index in [0.717, 1.165) is 43.2 Å². The molecule has 0 saturated heterocycles. The van der Waals surface area contributed by atoms with Gasteiger partial charge in [-0.25, -0.2) is 0 Å². The lowest BCUT2D eigenvalue weighted by molar-refractivity contribution is -0.129. The zero-order chi connectivity index (χ0) is 20.4. The van der Waals surface area contributed by atoms with Crippen molar-refractivity contribution in [2.24, 2.45) is 5.92 Å². The van der Waals surface area contributed by atoms with Crippen LogP contribution in [0.2, 0.25) is 0 Å². The van der Waals surface area contributed by atoms with E-state index in [0.29, 0.717) is 0 Å². The van der Waals surface area contributed by atoms with Gasteiger partial charge in [0.25, 0.3) is 5.91 Å². The predicted octanol–water partition coefficient (Wildman–Crippen LogP) is 1.73. The fraction of sp³-hybridized carbons (Fsp3) is 0.400. The number of rotatable bonds is 5. The number of aryl methyl sites for hydroxylation is 1. The molecule has 0 bridgehead atoms. The van der Waals surface area contributed by atoms with Crippen LogP contribution < -0.4 is 21.5 Å². The van der Waals surface area contributed by atoms with Crippen LogP contribution >= 0.6 is 12.2 Å². The summed E-state index contributed by atoms with van der Waals surface area (Å²) in [7, 11) is 0. The fourth-order valence-electron chi connectivity index (χ4n) is 2.88. The Morgan fingerprint density at radius 1 is 1.07 bits per heavy atom. The highest BCUT2D eigenvalue weighted by atomic mass is 32.1. The minimum Gasteiger partial charge on any atom is -0.347 e. The highest BCUT2D eigenvalue weighted by molar-refractivity contribution is 7.80. The van der Waals surface area contributed by atoms with Crippen LogP contribution in [0.5, 0.6) is 0 Å². The smallest absolute Gasteiger partial charge is 0.257 e. The van der Waals surface area contributed by atoms with Gasteiger partial charge >= 0.3 is 0 Å². The first-order valence-corrected chi connectivity index (χ1v) is 9.77. The van der Waals surface area contributed by atoms with Crippen molar-refractivity contribution in [3.63, 3.8) is 0 Å². The van der Waals surface area contributed by atoms with Gasteiger partial charge < -0.3 is 5.32 Å². The van der Waals surface area contributed by atoms with E-state index < -0.39 is 11.8 Å². The number of thiocarbonyl (C=S) groups is 1. The van der Waals surface area contributed by atoms with Gasteiger partial charge in [-0.1, -0.05) is 49.1 Å². The molecule has 8 heteroatoms. The first-order chi connectivity index (χ1) is 13.4. The molecule has 1 aliphatic carbocycles. The second kappa shape index (κ2) is 11.2. The van der Waals surface area contributed by atoms with Crippen LogP contribution in [0.3, 0.4) is 0 Å².